The minimum atomic E-state index is -3.45. The molecule has 8 heteroatoms. The van der Waals surface area contributed by atoms with E-state index in [1.165, 1.54) is 17.9 Å². The van der Waals surface area contributed by atoms with Crippen molar-refractivity contribution < 1.29 is 13.8 Å². The molecule has 2 heterocycles. The summed E-state index contributed by atoms with van der Waals surface area (Å²) in [5.74, 6) is 0.289. The Morgan fingerprint density at radius 2 is 2.00 bits per heavy atom. The fourth-order valence-electron chi connectivity index (χ4n) is 2.62. The van der Waals surface area contributed by atoms with Gasteiger partial charge in [-0.2, -0.15) is 0 Å². The van der Waals surface area contributed by atoms with Crippen LogP contribution in [0.2, 0.25) is 0 Å². The highest BCUT2D eigenvalue weighted by Gasteiger charge is 2.18. The average Bonchev–Trinajstić information content (AvgIpc) is 2.57. The molecule has 0 atom stereocenters. The van der Waals surface area contributed by atoms with E-state index in [-0.39, 0.29) is 16.2 Å². The first-order chi connectivity index (χ1) is 11.3. The lowest BCUT2D eigenvalue weighted by Gasteiger charge is -2.28. The molecule has 2 aromatic heterocycles. The van der Waals surface area contributed by atoms with Crippen molar-refractivity contribution in [2.45, 2.75) is 4.90 Å². The zero-order valence-corrected chi connectivity index (χ0v) is 13.9. The summed E-state index contributed by atoms with van der Waals surface area (Å²) in [7, 11) is -0.374. The van der Waals surface area contributed by atoms with Gasteiger partial charge < -0.3 is 9.30 Å². The Hall–Kier alpha value is -2.39. The van der Waals surface area contributed by atoms with Crippen LogP contribution in [0.15, 0.2) is 52.5 Å². The van der Waals surface area contributed by atoms with Gasteiger partial charge in [-0.3, -0.25) is 18.9 Å². The largest absolute Gasteiger partial charge is 0.495 e. The molecule has 0 saturated heterocycles. The number of hydrogen-bond donors (Lipinski definition) is 3. The van der Waals surface area contributed by atoms with E-state index in [2.05, 4.69) is 4.98 Å². The Morgan fingerprint density at radius 3 is 2.67 bits per heavy atom. The Kier molecular flexibility index (Phi) is 4.06. The van der Waals surface area contributed by atoms with E-state index in [1.807, 2.05) is 0 Å². The van der Waals surface area contributed by atoms with Gasteiger partial charge in [-0.15, -0.1) is 10.8 Å². The van der Waals surface area contributed by atoms with Crippen molar-refractivity contribution in [1.82, 2.24) is 9.55 Å². The molecule has 1 aromatic carbocycles. The quantitative estimate of drug-likeness (QED) is 0.671. The molecule has 24 heavy (non-hydrogen) atoms. The van der Waals surface area contributed by atoms with Gasteiger partial charge in [0.2, 0.25) is 0 Å². The molecule has 0 fully saturated rings. The Balaban J connectivity index is 2.33. The third-order valence-electron chi connectivity index (χ3n) is 3.78. The first-order valence-corrected chi connectivity index (χ1v) is 8.61. The second-order valence-corrected chi connectivity index (χ2v) is 6.96. The first-order valence-electron chi connectivity index (χ1n) is 7.00. The Morgan fingerprint density at radius 1 is 1.25 bits per heavy atom. The van der Waals surface area contributed by atoms with Gasteiger partial charge in [0.05, 0.1) is 12.5 Å². The van der Waals surface area contributed by atoms with Gasteiger partial charge in [0.1, 0.15) is 10.6 Å². The van der Waals surface area contributed by atoms with Crippen molar-refractivity contribution >= 4 is 21.5 Å². The van der Waals surface area contributed by atoms with Crippen molar-refractivity contribution in [3.05, 3.63) is 53.2 Å². The first kappa shape index (κ1) is 16.5. The van der Waals surface area contributed by atoms with Gasteiger partial charge in [-0.1, -0.05) is 6.07 Å². The van der Waals surface area contributed by atoms with E-state index in [4.69, 9.17) is 9.88 Å². The maximum atomic E-state index is 12.2. The third-order valence-corrected chi connectivity index (χ3v) is 4.75. The number of nitrogens with two attached hydrogens (primary N) is 1. The number of hydrogen-bond acceptors (Lipinski definition) is 6. The van der Waals surface area contributed by atoms with Crippen LogP contribution in [0.3, 0.4) is 0 Å². The van der Waals surface area contributed by atoms with Gasteiger partial charge in [-0.25, -0.2) is 5.14 Å². The summed E-state index contributed by atoms with van der Waals surface area (Å²) < 4.78 is 26.3. The third kappa shape index (κ3) is 2.76. The van der Waals surface area contributed by atoms with Crippen molar-refractivity contribution in [1.29, 1.82) is 0 Å². The maximum Gasteiger partial charge on any atom is 0.259 e. The Labute approximate surface area is 139 Å². The maximum absolute atomic E-state index is 12.2. The van der Waals surface area contributed by atoms with Crippen LogP contribution in [0.4, 0.5) is 0 Å². The monoisotopic (exact) mass is 347 g/mol. The van der Waals surface area contributed by atoms with Gasteiger partial charge in [-0.05, 0) is 29.1 Å². The minimum absolute atomic E-state index is 0.110. The second kappa shape index (κ2) is 5.91. The predicted molar refractivity (Wildman–Crippen MR) is 94.3 cm³/mol. The normalized spacial score (nSPS) is 12.4. The van der Waals surface area contributed by atoms with Crippen molar-refractivity contribution in [3.8, 4) is 16.9 Å². The molecule has 0 bridgehead atoms. The summed E-state index contributed by atoms with van der Waals surface area (Å²) in [6, 6.07) is 6.70. The fourth-order valence-corrected chi connectivity index (χ4v) is 3.37. The van der Waals surface area contributed by atoms with Crippen LogP contribution in [0, 0.1) is 0 Å². The van der Waals surface area contributed by atoms with Gasteiger partial charge in [0, 0.05) is 31.2 Å². The highest BCUT2D eigenvalue weighted by atomic mass is 32.3. The summed E-state index contributed by atoms with van der Waals surface area (Å²) in [4.78, 5) is 16.4. The standard InChI is InChI=1S/C16H17N3O4S/c1-19-9-13(11-5-6-18-8-12(11)16(19)20)10-3-4-14(23-2)15(7-10)24(17,21)22/h3-9,21-22H,17H2,1-2H3. The fraction of sp³-hybridized carbons (Fsp3) is 0.125. The SMILES string of the molecule is COc1ccc(-c2cn(C)c(=O)c3cnccc23)cc1S(N)(O)O. The number of ether oxygens (including phenoxy) is 1. The number of benzene rings is 1. The summed E-state index contributed by atoms with van der Waals surface area (Å²) in [5.41, 5.74) is 1.28. The van der Waals surface area contributed by atoms with Gasteiger partial charge in [0.25, 0.3) is 5.56 Å². The number of pyridine rings is 2. The molecule has 0 saturated carbocycles. The van der Waals surface area contributed by atoms with Crippen molar-refractivity contribution in [2.75, 3.05) is 7.11 Å². The summed E-state index contributed by atoms with van der Waals surface area (Å²) in [6.07, 6.45) is 4.81. The molecule has 126 valence electrons. The molecule has 0 spiro atoms. The number of fused-ring (bicyclic) bond motifs is 1. The minimum Gasteiger partial charge on any atom is -0.495 e. The van der Waals surface area contributed by atoms with Crippen LogP contribution in [0.1, 0.15) is 0 Å². The number of rotatable bonds is 3. The Bertz CT molecular complexity index is 979. The lowest BCUT2D eigenvalue weighted by Crippen LogP contribution is -2.16. The topological polar surface area (TPSA) is 111 Å². The molecular formula is C16H17N3O4S. The van der Waals surface area contributed by atoms with Crippen LogP contribution in [-0.2, 0) is 7.05 Å². The molecule has 3 aromatic rings. The second-order valence-electron chi connectivity index (χ2n) is 5.34. The van der Waals surface area contributed by atoms with E-state index in [0.717, 1.165) is 10.9 Å². The zero-order valence-electron chi connectivity index (χ0n) is 13.1. The smallest absolute Gasteiger partial charge is 0.259 e. The number of nitrogens with zero attached hydrogens (tertiary/aromatic N) is 2. The molecule has 0 radical (unpaired) electrons. The van der Waals surface area contributed by atoms with Crippen LogP contribution >= 0.6 is 10.8 Å². The van der Waals surface area contributed by atoms with Crippen LogP contribution in [0.5, 0.6) is 5.75 Å². The van der Waals surface area contributed by atoms with Crippen LogP contribution in [0.25, 0.3) is 21.9 Å². The summed E-state index contributed by atoms with van der Waals surface area (Å²) >= 11 is 0. The molecular weight excluding hydrogens is 330 g/mol. The summed E-state index contributed by atoms with van der Waals surface area (Å²) in [5, 5.41) is 6.70. The highest BCUT2D eigenvalue weighted by molar-refractivity contribution is 8.22. The van der Waals surface area contributed by atoms with Crippen LogP contribution < -0.4 is 15.4 Å². The van der Waals surface area contributed by atoms with E-state index in [9.17, 15) is 13.9 Å². The van der Waals surface area contributed by atoms with E-state index >= 15 is 0 Å². The number of aromatic nitrogens is 2. The molecule has 4 N–H and O–H groups in total. The van der Waals surface area contributed by atoms with E-state index in [0.29, 0.717) is 10.9 Å². The predicted octanol–water partition coefficient (Wildman–Crippen LogP) is 2.59. The van der Waals surface area contributed by atoms with Gasteiger partial charge in [0.15, 0.2) is 0 Å². The number of aryl methyl sites for hydroxylation is 1. The van der Waals surface area contributed by atoms with Gasteiger partial charge >= 0.3 is 0 Å². The van der Waals surface area contributed by atoms with E-state index in [1.54, 1.807) is 43.7 Å². The summed E-state index contributed by atoms with van der Waals surface area (Å²) in [6.45, 7) is 0. The molecule has 0 amide bonds. The molecule has 3 rings (SSSR count). The molecule has 0 unspecified atom stereocenters. The molecule has 0 aliphatic rings. The highest BCUT2D eigenvalue weighted by Crippen LogP contribution is 2.47. The number of methoxy groups -OCH3 is 1. The van der Waals surface area contributed by atoms with Crippen molar-refractivity contribution in [3.63, 3.8) is 0 Å². The molecule has 0 aliphatic carbocycles. The van der Waals surface area contributed by atoms with Crippen molar-refractivity contribution in [2.24, 2.45) is 12.2 Å². The zero-order chi connectivity index (χ0) is 17.5. The lowest BCUT2D eigenvalue weighted by molar-refractivity contribution is 0.397. The van der Waals surface area contributed by atoms with Crippen LogP contribution in [-0.4, -0.2) is 25.8 Å². The molecule has 7 nitrogen and oxygen atoms in total. The molecule has 0 aliphatic heterocycles. The lowest BCUT2D eigenvalue weighted by atomic mass is 10.0. The average molecular weight is 347 g/mol. The van der Waals surface area contributed by atoms with E-state index < -0.39 is 10.8 Å².